The van der Waals surface area contributed by atoms with Gasteiger partial charge >= 0.3 is 0 Å². The minimum absolute atomic E-state index is 0.00106. The Morgan fingerprint density at radius 2 is 2.35 bits per heavy atom. The molecule has 6 nitrogen and oxygen atoms in total. The van der Waals surface area contributed by atoms with E-state index in [0.29, 0.717) is 10.2 Å². The number of thiophene rings is 1. The van der Waals surface area contributed by atoms with Crippen LogP contribution in [-0.4, -0.2) is 21.5 Å². The van der Waals surface area contributed by atoms with Gasteiger partial charge in [0.2, 0.25) is 5.91 Å². The third-order valence-electron chi connectivity index (χ3n) is 3.58. The number of nitrogens with one attached hydrogen (secondary N) is 1. The SMILES string of the molecule is C[C@H](CCc1ccco1)NC(=O)Cn1cnc2sccc2c1=O. The monoisotopic (exact) mass is 331 g/mol. The molecule has 0 fully saturated rings. The molecule has 3 aromatic rings. The zero-order valence-corrected chi connectivity index (χ0v) is 13.5. The molecule has 0 aromatic carbocycles. The molecule has 0 aliphatic carbocycles. The predicted octanol–water partition coefficient (Wildman–Crippen LogP) is 2.19. The van der Waals surface area contributed by atoms with E-state index in [1.165, 1.54) is 22.2 Å². The topological polar surface area (TPSA) is 77.1 Å². The lowest BCUT2D eigenvalue weighted by atomic mass is 10.1. The lowest BCUT2D eigenvalue weighted by molar-refractivity contribution is -0.122. The molecule has 1 N–H and O–H groups in total. The Kier molecular flexibility index (Phi) is 4.57. The number of hydrogen-bond acceptors (Lipinski definition) is 5. The maximum Gasteiger partial charge on any atom is 0.262 e. The molecule has 120 valence electrons. The molecule has 7 heteroatoms. The van der Waals surface area contributed by atoms with E-state index < -0.39 is 0 Å². The first-order valence-corrected chi connectivity index (χ1v) is 8.26. The average Bonchev–Trinajstić information content (AvgIpc) is 3.19. The highest BCUT2D eigenvalue weighted by Crippen LogP contribution is 2.13. The first-order valence-electron chi connectivity index (χ1n) is 7.38. The van der Waals surface area contributed by atoms with Gasteiger partial charge in [-0.05, 0) is 36.9 Å². The smallest absolute Gasteiger partial charge is 0.262 e. The second-order valence-electron chi connectivity index (χ2n) is 5.40. The summed E-state index contributed by atoms with van der Waals surface area (Å²) in [6.45, 7) is 1.91. The lowest BCUT2D eigenvalue weighted by Gasteiger charge is -2.13. The zero-order valence-electron chi connectivity index (χ0n) is 12.7. The highest BCUT2D eigenvalue weighted by atomic mass is 32.1. The summed E-state index contributed by atoms with van der Waals surface area (Å²) in [5.74, 6) is 0.699. The van der Waals surface area contributed by atoms with E-state index in [2.05, 4.69) is 10.3 Å². The van der Waals surface area contributed by atoms with Crippen LogP contribution in [0, 0.1) is 0 Å². The van der Waals surface area contributed by atoms with E-state index in [9.17, 15) is 9.59 Å². The molecule has 0 aliphatic rings. The Morgan fingerprint density at radius 1 is 1.48 bits per heavy atom. The van der Waals surface area contributed by atoms with E-state index in [0.717, 1.165) is 18.6 Å². The molecule has 0 saturated carbocycles. The number of furan rings is 1. The van der Waals surface area contributed by atoms with Crippen molar-refractivity contribution >= 4 is 27.5 Å². The highest BCUT2D eigenvalue weighted by Gasteiger charge is 2.11. The fourth-order valence-corrected chi connectivity index (χ4v) is 3.09. The molecule has 0 spiro atoms. The first kappa shape index (κ1) is 15.5. The molecule has 0 saturated heterocycles. The Bertz CT molecular complexity index is 851. The number of carbonyl (C=O) groups excluding carboxylic acids is 1. The van der Waals surface area contributed by atoms with Gasteiger partial charge in [-0.15, -0.1) is 11.3 Å². The number of hydrogen-bond donors (Lipinski definition) is 1. The Balaban J connectivity index is 1.57. The summed E-state index contributed by atoms with van der Waals surface area (Å²) in [5.41, 5.74) is -0.186. The van der Waals surface area contributed by atoms with Crippen LogP contribution in [0.25, 0.3) is 10.2 Å². The molecule has 0 unspecified atom stereocenters. The van der Waals surface area contributed by atoms with Gasteiger partial charge in [-0.1, -0.05) is 0 Å². The van der Waals surface area contributed by atoms with Gasteiger partial charge in [0, 0.05) is 12.5 Å². The van der Waals surface area contributed by atoms with Gasteiger partial charge in [0.05, 0.1) is 18.0 Å². The van der Waals surface area contributed by atoms with Gasteiger partial charge in [-0.25, -0.2) is 4.98 Å². The molecular formula is C16H17N3O3S. The van der Waals surface area contributed by atoms with Crippen LogP contribution in [0.5, 0.6) is 0 Å². The molecule has 1 amide bonds. The van der Waals surface area contributed by atoms with Crippen LogP contribution in [0.3, 0.4) is 0 Å². The third-order valence-corrected chi connectivity index (χ3v) is 4.40. The maximum absolute atomic E-state index is 12.2. The zero-order chi connectivity index (χ0) is 16.2. The fourth-order valence-electron chi connectivity index (χ4n) is 2.37. The van der Waals surface area contributed by atoms with Gasteiger partial charge in [0.25, 0.3) is 5.56 Å². The number of aromatic nitrogens is 2. The molecule has 0 bridgehead atoms. The summed E-state index contributed by atoms with van der Waals surface area (Å²) in [5, 5.41) is 5.27. The highest BCUT2D eigenvalue weighted by molar-refractivity contribution is 7.16. The van der Waals surface area contributed by atoms with Crippen LogP contribution >= 0.6 is 11.3 Å². The van der Waals surface area contributed by atoms with Gasteiger partial charge in [0.15, 0.2) is 0 Å². The molecule has 0 radical (unpaired) electrons. The molecule has 3 heterocycles. The minimum atomic E-state index is -0.199. The van der Waals surface area contributed by atoms with Crippen LogP contribution in [0.2, 0.25) is 0 Å². The van der Waals surface area contributed by atoms with E-state index in [1.807, 2.05) is 24.4 Å². The Morgan fingerprint density at radius 3 is 3.13 bits per heavy atom. The van der Waals surface area contributed by atoms with Gasteiger partial charge in [-0.2, -0.15) is 0 Å². The second kappa shape index (κ2) is 6.78. The summed E-state index contributed by atoms with van der Waals surface area (Å²) < 4.78 is 6.61. The Hall–Kier alpha value is -2.41. The van der Waals surface area contributed by atoms with Crippen LogP contribution in [0.4, 0.5) is 0 Å². The predicted molar refractivity (Wildman–Crippen MR) is 88.5 cm³/mol. The molecule has 3 rings (SSSR count). The van der Waals surface area contributed by atoms with E-state index in [1.54, 1.807) is 12.3 Å². The normalized spacial score (nSPS) is 12.4. The molecule has 1 atom stereocenters. The molecule has 23 heavy (non-hydrogen) atoms. The number of carbonyl (C=O) groups is 1. The quantitative estimate of drug-likeness (QED) is 0.751. The number of nitrogens with zero attached hydrogens (tertiary/aromatic N) is 2. The van der Waals surface area contributed by atoms with Crippen molar-refractivity contribution in [1.82, 2.24) is 14.9 Å². The van der Waals surface area contributed by atoms with Crippen molar-refractivity contribution in [3.05, 3.63) is 52.3 Å². The van der Waals surface area contributed by atoms with Crippen LogP contribution < -0.4 is 10.9 Å². The third kappa shape index (κ3) is 3.68. The summed E-state index contributed by atoms with van der Waals surface area (Å²) >= 11 is 1.41. The van der Waals surface area contributed by atoms with Crippen LogP contribution in [0.1, 0.15) is 19.1 Å². The first-order chi connectivity index (χ1) is 11.1. The number of fused-ring (bicyclic) bond motifs is 1. The van der Waals surface area contributed by atoms with Crippen molar-refractivity contribution in [1.29, 1.82) is 0 Å². The van der Waals surface area contributed by atoms with Crippen molar-refractivity contribution in [2.24, 2.45) is 0 Å². The summed E-state index contributed by atoms with van der Waals surface area (Å²) in [4.78, 5) is 29.2. The van der Waals surface area contributed by atoms with Crippen molar-refractivity contribution in [2.45, 2.75) is 32.4 Å². The van der Waals surface area contributed by atoms with Crippen molar-refractivity contribution in [3.63, 3.8) is 0 Å². The summed E-state index contributed by atoms with van der Waals surface area (Å²) in [6.07, 6.45) is 4.60. The fraction of sp³-hybridized carbons (Fsp3) is 0.312. The van der Waals surface area contributed by atoms with Crippen LogP contribution in [0.15, 0.2) is 45.4 Å². The average molecular weight is 331 g/mol. The molecule has 3 aromatic heterocycles. The van der Waals surface area contributed by atoms with Crippen molar-refractivity contribution in [3.8, 4) is 0 Å². The van der Waals surface area contributed by atoms with Gasteiger partial charge in [0.1, 0.15) is 17.1 Å². The van der Waals surface area contributed by atoms with Crippen molar-refractivity contribution < 1.29 is 9.21 Å². The largest absolute Gasteiger partial charge is 0.469 e. The van der Waals surface area contributed by atoms with Crippen LogP contribution in [-0.2, 0) is 17.8 Å². The van der Waals surface area contributed by atoms with E-state index in [4.69, 9.17) is 4.42 Å². The standard InChI is InChI=1S/C16H17N3O3S/c1-11(4-5-12-3-2-7-22-12)18-14(20)9-19-10-17-15-13(16(19)21)6-8-23-15/h2-3,6-8,10-11H,4-5,9H2,1H3,(H,18,20)/t11-/m1/s1. The Labute approximate surface area is 136 Å². The summed E-state index contributed by atoms with van der Waals surface area (Å²) in [6, 6.07) is 5.49. The maximum atomic E-state index is 12.2. The van der Waals surface area contributed by atoms with Crippen molar-refractivity contribution in [2.75, 3.05) is 0 Å². The molecular weight excluding hydrogens is 314 g/mol. The lowest BCUT2D eigenvalue weighted by Crippen LogP contribution is -2.37. The number of amides is 1. The second-order valence-corrected chi connectivity index (χ2v) is 6.30. The summed E-state index contributed by atoms with van der Waals surface area (Å²) in [7, 11) is 0. The minimum Gasteiger partial charge on any atom is -0.469 e. The van der Waals surface area contributed by atoms with E-state index in [-0.39, 0.29) is 24.1 Å². The van der Waals surface area contributed by atoms with Gasteiger partial charge < -0.3 is 9.73 Å². The number of rotatable bonds is 6. The molecule has 0 aliphatic heterocycles. The van der Waals surface area contributed by atoms with E-state index >= 15 is 0 Å². The number of aryl methyl sites for hydroxylation is 1. The van der Waals surface area contributed by atoms with Gasteiger partial charge in [-0.3, -0.25) is 14.2 Å².